The van der Waals surface area contributed by atoms with Crippen LogP contribution < -0.4 is 4.74 Å². The number of hydrogen-bond acceptors (Lipinski definition) is 6. The second-order valence-corrected chi connectivity index (χ2v) is 5.73. The predicted molar refractivity (Wildman–Crippen MR) is 90.4 cm³/mol. The molecule has 0 unspecified atom stereocenters. The number of carbonyl (C=O) groups is 1. The van der Waals surface area contributed by atoms with Gasteiger partial charge in [-0.25, -0.2) is 0 Å². The predicted octanol–water partition coefficient (Wildman–Crippen LogP) is 2.90. The van der Waals surface area contributed by atoms with E-state index >= 15 is 0 Å². The third-order valence-corrected chi connectivity index (χ3v) is 4.32. The van der Waals surface area contributed by atoms with E-state index in [1.54, 1.807) is 50.4 Å². The molecule has 0 aliphatic carbocycles. The number of ether oxygens (including phenoxy) is 1. The molecule has 0 saturated heterocycles. The largest absolute Gasteiger partial charge is 0.497 e. The molecule has 1 aliphatic heterocycles. The average molecular weight is 332 g/mol. The maximum absolute atomic E-state index is 12.2. The molecule has 6 nitrogen and oxygen atoms in total. The molecule has 6 heteroatoms. The van der Waals surface area contributed by atoms with Crippen LogP contribution >= 0.6 is 0 Å². The number of methoxy groups -OCH3 is 1. The fourth-order valence-electron chi connectivity index (χ4n) is 3.20. The van der Waals surface area contributed by atoms with Crippen LogP contribution in [0.4, 0.5) is 0 Å². The second kappa shape index (κ2) is 7.43. The van der Waals surface area contributed by atoms with Gasteiger partial charge in [-0.3, -0.25) is 9.79 Å². The summed E-state index contributed by atoms with van der Waals surface area (Å²) in [5.41, 5.74) is 1.18. The van der Waals surface area contributed by atoms with Gasteiger partial charge in [-0.05, 0) is 31.5 Å². The molecule has 0 N–H and O–H groups in total. The summed E-state index contributed by atoms with van der Waals surface area (Å²) in [5.74, 6) is -1.42. The number of nitriles is 3. The number of hydrogen-bond donors (Lipinski definition) is 0. The normalized spacial score (nSPS) is 22.0. The summed E-state index contributed by atoms with van der Waals surface area (Å²) in [7, 11) is 1.55. The molecule has 0 spiro atoms. The third-order valence-electron chi connectivity index (χ3n) is 4.32. The van der Waals surface area contributed by atoms with Crippen molar-refractivity contribution in [2.24, 2.45) is 16.8 Å². The monoisotopic (exact) mass is 332 g/mol. The minimum atomic E-state index is -0.861. The molecule has 1 aromatic rings. The van der Waals surface area contributed by atoms with Gasteiger partial charge in [0.25, 0.3) is 0 Å². The highest BCUT2D eigenvalue weighted by Gasteiger charge is 2.42. The van der Waals surface area contributed by atoms with Gasteiger partial charge in [0, 0.05) is 11.6 Å². The molecule has 25 heavy (non-hydrogen) atoms. The molecular formula is C19H16N4O2. The van der Waals surface area contributed by atoms with Gasteiger partial charge in [-0.15, -0.1) is 0 Å². The van der Waals surface area contributed by atoms with E-state index in [2.05, 4.69) is 11.1 Å². The van der Waals surface area contributed by atoms with Crippen LogP contribution in [-0.2, 0) is 4.79 Å². The van der Waals surface area contributed by atoms with Crippen LogP contribution in [0.15, 0.2) is 40.5 Å². The van der Waals surface area contributed by atoms with Crippen molar-refractivity contribution in [3.63, 3.8) is 0 Å². The summed E-state index contributed by atoms with van der Waals surface area (Å²) in [4.78, 5) is 16.5. The van der Waals surface area contributed by atoms with Crippen LogP contribution in [0.3, 0.4) is 0 Å². The summed E-state index contributed by atoms with van der Waals surface area (Å²) >= 11 is 0. The number of allylic oxidation sites excluding steroid dienone is 2. The van der Waals surface area contributed by atoms with Crippen LogP contribution in [0.5, 0.6) is 5.75 Å². The highest BCUT2D eigenvalue weighted by molar-refractivity contribution is 6.05. The minimum Gasteiger partial charge on any atom is -0.497 e. The number of carbonyl (C=O) groups excluding carboxylic acids is 1. The van der Waals surface area contributed by atoms with Gasteiger partial charge in [0.05, 0.1) is 30.7 Å². The first kappa shape index (κ1) is 17.9. The van der Waals surface area contributed by atoms with E-state index in [9.17, 15) is 20.6 Å². The van der Waals surface area contributed by atoms with E-state index in [-0.39, 0.29) is 17.1 Å². The zero-order valence-corrected chi connectivity index (χ0v) is 14.1. The van der Waals surface area contributed by atoms with Crippen molar-refractivity contribution >= 4 is 11.5 Å². The molecule has 1 aliphatic rings. The summed E-state index contributed by atoms with van der Waals surface area (Å²) < 4.78 is 5.15. The van der Waals surface area contributed by atoms with Gasteiger partial charge in [0.2, 0.25) is 0 Å². The Labute approximate surface area is 146 Å². The second-order valence-electron chi connectivity index (χ2n) is 5.73. The lowest BCUT2D eigenvalue weighted by Gasteiger charge is -2.34. The standard InChI is InChI=1S/C19H16N4O2/c1-11-17(12(2)24)18(13-4-6-15(25-3)7-5-13)16(10-22)19(23-11)14(8-20)9-21/h4-7,16-18H,1-3H3/t16-,17+,18-/m1/s1. The van der Waals surface area contributed by atoms with E-state index in [0.29, 0.717) is 11.5 Å². The number of nitrogens with zero attached hydrogens (tertiary/aromatic N) is 4. The van der Waals surface area contributed by atoms with E-state index < -0.39 is 17.8 Å². The SMILES string of the molecule is COc1ccc([C@H]2[C@H](C(C)=O)C(C)=NC(=C(C#N)C#N)[C@@H]2C#N)cc1. The fraction of sp³-hybridized carbons (Fsp3) is 0.316. The Morgan fingerprint density at radius 1 is 1.16 bits per heavy atom. The first-order valence-corrected chi connectivity index (χ1v) is 7.62. The summed E-state index contributed by atoms with van der Waals surface area (Å²) in [5, 5.41) is 28.1. The van der Waals surface area contributed by atoms with Crippen LogP contribution in [-0.4, -0.2) is 18.6 Å². The molecule has 0 fully saturated rings. The third kappa shape index (κ3) is 3.27. The van der Waals surface area contributed by atoms with E-state index in [0.717, 1.165) is 5.56 Å². The molecule has 0 bridgehead atoms. The fourth-order valence-corrected chi connectivity index (χ4v) is 3.20. The van der Waals surface area contributed by atoms with E-state index in [4.69, 9.17) is 4.74 Å². The maximum atomic E-state index is 12.2. The zero-order valence-electron chi connectivity index (χ0n) is 14.1. The highest BCUT2D eigenvalue weighted by atomic mass is 16.5. The first-order chi connectivity index (χ1) is 12.0. The van der Waals surface area contributed by atoms with Gasteiger partial charge in [0.1, 0.15) is 23.7 Å². The van der Waals surface area contributed by atoms with Crippen LogP contribution in [0.25, 0.3) is 0 Å². The number of aliphatic imine (C=N–C) groups is 1. The molecule has 0 aromatic heterocycles. The summed E-state index contributed by atoms with van der Waals surface area (Å²) in [6.45, 7) is 3.14. The number of Topliss-reactive ketones (excluding diaryl/α,β-unsaturated/α-hetero) is 1. The molecule has 1 heterocycles. The number of ketones is 1. The average Bonchev–Trinajstić information content (AvgIpc) is 2.62. The van der Waals surface area contributed by atoms with Crippen molar-refractivity contribution in [3.05, 3.63) is 41.1 Å². The topological polar surface area (TPSA) is 110 Å². The minimum absolute atomic E-state index is 0.114. The highest BCUT2D eigenvalue weighted by Crippen LogP contribution is 2.43. The number of benzene rings is 1. The Kier molecular flexibility index (Phi) is 5.32. The summed E-state index contributed by atoms with van der Waals surface area (Å²) in [6, 6.07) is 12.8. The Balaban J connectivity index is 2.72. The van der Waals surface area contributed by atoms with Crippen molar-refractivity contribution in [2.45, 2.75) is 19.8 Å². The van der Waals surface area contributed by atoms with E-state index in [1.165, 1.54) is 6.92 Å². The van der Waals surface area contributed by atoms with Gasteiger partial charge < -0.3 is 4.74 Å². The van der Waals surface area contributed by atoms with Crippen LogP contribution in [0, 0.1) is 45.8 Å². The van der Waals surface area contributed by atoms with Crippen molar-refractivity contribution in [2.75, 3.05) is 7.11 Å². The van der Waals surface area contributed by atoms with Crippen LogP contribution in [0.1, 0.15) is 25.3 Å². The molecular weight excluding hydrogens is 316 g/mol. The zero-order chi connectivity index (χ0) is 18.6. The van der Waals surface area contributed by atoms with Gasteiger partial charge in [-0.2, -0.15) is 15.8 Å². The molecule has 0 radical (unpaired) electrons. The quantitative estimate of drug-likeness (QED) is 0.790. The lowest BCUT2D eigenvalue weighted by Crippen LogP contribution is -2.36. The molecule has 124 valence electrons. The maximum Gasteiger partial charge on any atom is 0.152 e. The molecule has 0 amide bonds. The Morgan fingerprint density at radius 3 is 2.20 bits per heavy atom. The smallest absolute Gasteiger partial charge is 0.152 e. The van der Waals surface area contributed by atoms with Crippen LogP contribution in [0.2, 0.25) is 0 Å². The Morgan fingerprint density at radius 2 is 1.76 bits per heavy atom. The first-order valence-electron chi connectivity index (χ1n) is 7.62. The summed E-state index contributed by atoms with van der Waals surface area (Å²) in [6.07, 6.45) is 0. The molecule has 0 saturated carbocycles. The van der Waals surface area contributed by atoms with Gasteiger partial charge >= 0.3 is 0 Å². The lowest BCUT2D eigenvalue weighted by atomic mass is 9.70. The Hall–Kier alpha value is -3.43. The van der Waals surface area contributed by atoms with Crippen molar-refractivity contribution < 1.29 is 9.53 Å². The molecule has 3 atom stereocenters. The Bertz CT molecular complexity index is 860. The van der Waals surface area contributed by atoms with Crippen molar-refractivity contribution in [1.29, 1.82) is 15.8 Å². The van der Waals surface area contributed by atoms with E-state index in [1.807, 2.05) is 0 Å². The molecule has 2 rings (SSSR count). The van der Waals surface area contributed by atoms with Gasteiger partial charge in [-0.1, -0.05) is 12.1 Å². The molecule has 1 aromatic carbocycles. The lowest BCUT2D eigenvalue weighted by molar-refractivity contribution is -0.119. The number of rotatable bonds is 3. The van der Waals surface area contributed by atoms with Crippen molar-refractivity contribution in [3.8, 4) is 24.0 Å². The van der Waals surface area contributed by atoms with Crippen molar-refractivity contribution in [1.82, 2.24) is 0 Å². The van der Waals surface area contributed by atoms with Gasteiger partial charge in [0.15, 0.2) is 5.57 Å².